The van der Waals surface area contributed by atoms with Crippen molar-refractivity contribution in [3.63, 3.8) is 0 Å². The quantitative estimate of drug-likeness (QED) is 0.654. The molecule has 4 heteroatoms. The van der Waals surface area contributed by atoms with Crippen molar-refractivity contribution in [2.45, 2.75) is 5.75 Å². The van der Waals surface area contributed by atoms with Crippen molar-refractivity contribution in [2.24, 2.45) is 5.73 Å². The summed E-state index contributed by atoms with van der Waals surface area (Å²) in [4.78, 5) is 0. The second kappa shape index (κ2) is 5.69. The summed E-state index contributed by atoms with van der Waals surface area (Å²) in [5.41, 5.74) is 8.42. The third-order valence-electron chi connectivity index (χ3n) is 2.50. The maximum Gasteiger partial charge on any atom is 0.151 e. The highest BCUT2D eigenvalue weighted by Crippen LogP contribution is 2.22. The summed E-state index contributed by atoms with van der Waals surface area (Å²) < 4.78 is 12.9. The summed E-state index contributed by atoms with van der Waals surface area (Å²) in [5.74, 6) is 0.437. The normalized spacial score (nSPS) is 10.3. The largest absolute Gasteiger partial charge is 0.379 e. The van der Waals surface area contributed by atoms with Crippen LogP contribution in [0.2, 0.25) is 0 Å². The molecule has 0 heterocycles. The predicted molar refractivity (Wildman–Crippen MR) is 75.0 cm³/mol. The number of amidine groups is 1. The second-order valence-corrected chi connectivity index (χ2v) is 4.88. The maximum absolute atomic E-state index is 12.9. The molecule has 0 saturated carbocycles. The standard InChI is InChI=1S/C14H13FN2S/c15-13-6-4-11(5-7-13)12-3-1-2-10(8-12)9-18-14(16)17/h1-8H,9H2,(H3,16,17). The zero-order valence-electron chi connectivity index (χ0n) is 9.69. The first kappa shape index (κ1) is 12.6. The highest BCUT2D eigenvalue weighted by molar-refractivity contribution is 8.13. The minimum Gasteiger partial charge on any atom is -0.379 e. The Morgan fingerprint density at radius 3 is 2.50 bits per heavy atom. The summed E-state index contributed by atoms with van der Waals surface area (Å²) in [5, 5.41) is 7.30. The van der Waals surface area contributed by atoms with E-state index >= 15 is 0 Å². The number of hydrogen-bond donors (Lipinski definition) is 2. The molecule has 2 aromatic carbocycles. The van der Waals surface area contributed by atoms with Gasteiger partial charge < -0.3 is 5.73 Å². The molecule has 0 bridgehead atoms. The molecule has 3 N–H and O–H groups in total. The predicted octanol–water partition coefficient (Wildman–Crippen LogP) is 3.62. The van der Waals surface area contributed by atoms with Gasteiger partial charge in [0.15, 0.2) is 5.17 Å². The molecule has 2 aromatic rings. The van der Waals surface area contributed by atoms with Gasteiger partial charge in [0.05, 0.1) is 0 Å². The monoisotopic (exact) mass is 260 g/mol. The summed E-state index contributed by atoms with van der Waals surface area (Å²) in [7, 11) is 0. The fraction of sp³-hybridized carbons (Fsp3) is 0.0714. The van der Waals surface area contributed by atoms with Crippen LogP contribution in [-0.4, -0.2) is 5.17 Å². The van der Waals surface area contributed by atoms with E-state index in [-0.39, 0.29) is 11.0 Å². The van der Waals surface area contributed by atoms with Crippen LogP contribution in [0.4, 0.5) is 4.39 Å². The number of rotatable bonds is 3. The molecular weight excluding hydrogens is 247 g/mol. The Morgan fingerprint density at radius 2 is 1.83 bits per heavy atom. The van der Waals surface area contributed by atoms with Crippen molar-refractivity contribution >= 4 is 16.9 Å². The Balaban J connectivity index is 2.21. The third-order valence-corrected chi connectivity index (χ3v) is 3.29. The van der Waals surface area contributed by atoms with Crippen LogP contribution in [0.1, 0.15) is 5.56 Å². The minimum atomic E-state index is -0.234. The van der Waals surface area contributed by atoms with E-state index in [9.17, 15) is 4.39 Å². The minimum absolute atomic E-state index is 0.113. The van der Waals surface area contributed by atoms with Crippen LogP contribution in [0, 0.1) is 11.2 Å². The van der Waals surface area contributed by atoms with Crippen LogP contribution in [0.3, 0.4) is 0 Å². The molecule has 0 aliphatic heterocycles. The number of thioether (sulfide) groups is 1. The van der Waals surface area contributed by atoms with Gasteiger partial charge in [-0.15, -0.1) is 0 Å². The lowest BCUT2D eigenvalue weighted by Crippen LogP contribution is -2.03. The van der Waals surface area contributed by atoms with Crippen LogP contribution in [-0.2, 0) is 5.75 Å². The van der Waals surface area contributed by atoms with Crippen molar-refractivity contribution in [3.05, 3.63) is 59.9 Å². The summed E-state index contributed by atoms with van der Waals surface area (Å²) in [6, 6.07) is 14.4. The van der Waals surface area contributed by atoms with Crippen LogP contribution >= 0.6 is 11.8 Å². The molecule has 0 aliphatic rings. The second-order valence-electron chi connectivity index (χ2n) is 3.86. The first-order chi connectivity index (χ1) is 8.65. The van der Waals surface area contributed by atoms with Crippen LogP contribution in [0.15, 0.2) is 48.5 Å². The highest BCUT2D eigenvalue weighted by Gasteiger charge is 2.01. The lowest BCUT2D eigenvalue weighted by Gasteiger charge is -2.05. The van der Waals surface area contributed by atoms with E-state index in [1.165, 1.54) is 23.9 Å². The van der Waals surface area contributed by atoms with Gasteiger partial charge >= 0.3 is 0 Å². The van der Waals surface area contributed by atoms with Crippen LogP contribution in [0.5, 0.6) is 0 Å². The van der Waals surface area contributed by atoms with E-state index in [1.54, 1.807) is 12.1 Å². The fourth-order valence-corrected chi connectivity index (χ4v) is 2.15. The van der Waals surface area contributed by atoms with Crippen LogP contribution < -0.4 is 5.73 Å². The molecule has 0 atom stereocenters. The van der Waals surface area contributed by atoms with Gasteiger partial charge in [-0.2, -0.15) is 0 Å². The third kappa shape index (κ3) is 3.34. The van der Waals surface area contributed by atoms with E-state index in [4.69, 9.17) is 11.1 Å². The molecule has 92 valence electrons. The maximum atomic E-state index is 12.9. The van der Waals surface area contributed by atoms with Gasteiger partial charge in [0.1, 0.15) is 5.82 Å². The first-order valence-corrected chi connectivity index (χ1v) is 6.45. The van der Waals surface area contributed by atoms with Crippen molar-refractivity contribution in [3.8, 4) is 11.1 Å². The molecule has 0 saturated heterocycles. The topological polar surface area (TPSA) is 49.9 Å². The number of halogens is 1. The molecule has 18 heavy (non-hydrogen) atoms. The number of benzene rings is 2. The van der Waals surface area contributed by atoms with Crippen molar-refractivity contribution in [2.75, 3.05) is 0 Å². The van der Waals surface area contributed by atoms with Gasteiger partial charge in [-0.1, -0.05) is 48.2 Å². The van der Waals surface area contributed by atoms with Gasteiger partial charge in [-0.3, -0.25) is 5.41 Å². The SMILES string of the molecule is N=C(N)SCc1cccc(-c2ccc(F)cc2)c1. The molecule has 2 rings (SSSR count). The molecule has 0 unspecified atom stereocenters. The zero-order chi connectivity index (χ0) is 13.0. The van der Waals surface area contributed by atoms with Gasteiger partial charge in [-0.25, -0.2) is 4.39 Å². The Morgan fingerprint density at radius 1 is 1.11 bits per heavy atom. The van der Waals surface area contributed by atoms with E-state index in [1.807, 2.05) is 24.3 Å². The average molecular weight is 260 g/mol. The molecule has 0 aliphatic carbocycles. The lowest BCUT2D eigenvalue weighted by atomic mass is 10.0. The van der Waals surface area contributed by atoms with Crippen molar-refractivity contribution in [1.29, 1.82) is 5.41 Å². The molecule has 0 fully saturated rings. The number of nitrogens with two attached hydrogens (primary N) is 1. The summed E-state index contributed by atoms with van der Waals surface area (Å²) in [6.45, 7) is 0. The highest BCUT2D eigenvalue weighted by atomic mass is 32.2. The van der Waals surface area contributed by atoms with Gasteiger partial charge in [0, 0.05) is 5.75 Å². The smallest absolute Gasteiger partial charge is 0.151 e. The molecular formula is C14H13FN2S. The summed E-state index contributed by atoms with van der Waals surface area (Å²) in [6.07, 6.45) is 0. The Bertz CT molecular complexity index is 552. The van der Waals surface area contributed by atoms with E-state index in [0.29, 0.717) is 5.75 Å². The van der Waals surface area contributed by atoms with E-state index in [2.05, 4.69) is 0 Å². The van der Waals surface area contributed by atoms with Crippen LogP contribution in [0.25, 0.3) is 11.1 Å². The number of nitrogens with one attached hydrogen (secondary N) is 1. The summed E-state index contributed by atoms with van der Waals surface area (Å²) >= 11 is 1.29. The first-order valence-electron chi connectivity index (χ1n) is 5.47. The van der Waals surface area contributed by atoms with E-state index in [0.717, 1.165) is 16.7 Å². The molecule has 0 aromatic heterocycles. The van der Waals surface area contributed by atoms with Gasteiger partial charge in [0.25, 0.3) is 0 Å². The Labute approximate surface area is 110 Å². The van der Waals surface area contributed by atoms with Gasteiger partial charge in [0.2, 0.25) is 0 Å². The molecule has 2 nitrogen and oxygen atoms in total. The van der Waals surface area contributed by atoms with Gasteiger partial charge in [-0.05, 0) is 28.8 Å². The number of hydrogen-bond acceptors (Lipinski definition) is 2. The van der Waals surface area contributed by atoms with Crippen molar-refractivity contribution in [1.82, 2.24) is 0 Å². The average Bonchev–Trinajstić information content (AvgIpc) is 2.37. The Kier molecular flexibility index (Phi) is 3.99. The molecule has 0 amide bonds. The fourth-order valence-electron chi connectivity index (χ4n) is 1.64. The van der Waals surface area contributed by atoms with Crippen molar-refractivity contribution < 1.29 is 4.39 Å². The van der Waals surface area contributed by atoms with E-state index < -0.39 is 0 Å². The molecule has 0 radical (unpaired) electrons. The molecule has 0 spiro atoms. The Hall–Kier alpha value is -1.81. The zero-order valence-corrected chi connectivity index (χ0v) is 10.5. The lowest BCUT2D eigenvalue weighted by molar-refractivity contribution is 0.628.